The molecular weight excluding hydrogens is 240 g/mol. The third-order valence-corrected chi connectivity index (χ3v) is 4.98. The minimum Gasteiger partial charge on any atom is -0.329 e. The van der Waals surface area contributed by atoms with Crippen molar-refractivity contribution < 1.29 is 0 Å². The van der Waals surface area contributed by atoms with E-state index in [-0.39, 0.29) is 5.54 Å². The molecule has 1 atom stereocenters. The van der Waals surface area contributed by atoms with E-state index in [4.69, 9.17) is 17.3 Å². The summed E-state index contributed by atoms with van der Waals surface area (Å²) in [4.78, 5) is 3.69. The second kappa shape index (κ2) is 4.65. The van der Waals surface area contributed by atoms with Gasteiger partial charge in [-0.15, -0.1) is 11.3 Å². The quantitative estimate of drug-likeness (QED) is 0.880. The first-order valence-electron chi connectivity index (χ1n) is 5.72. The van der Waals surface area contributed by atoms with Gasteiger partial charge in [0.15, 0.2) is 0 Å². The van der Waals surface area contributed by atoms with Crippen molar-refractivity contribution in [3.05, 3.63) is 21.3 Å². The predicted octanol–water partition coefficient (Wildman–Crippen LogP) is 2.96. The van der Waals surface area contributed by atoms with Crippen molar-refractivity contribution in [1.82, 2.24) is 4.90 Å². The summed E-state index contributed by atoms with van der Waals surface area (Å²) < 4.78 is 0.865. The predicted molar refractivity (Wildman–Crippen MR) is 71.0 cm³/mol. The van der Waals surface area contributed by atoms with Crippen LogP contribution in [-0.4, -0.2) is 24.0 Å². The highest BCUT2D eigenvalue weighted by molar-refractivity contribution is 7.16. The van der Waals surface area contributed by atoms with E-state index in [1.807, 2.05) is 6.07 Å². The van der Waals surface area contributed by atoms with Crippen molar-refractivity contribution in [2.75, 3.05) is 13.6 Å². The number of nitrogens with two attached hydrogens (primary N) is 1. The lowest BCUT2D eigenvalue weighted by Crippen LogP contribution is -2.50. The monoisotopic (exact) mass is 258 g/mol. The summed E-state index contributed by atoms with van der Waals surface area (Å²) in [6.45, 7) is 3.95. The number of nitrogens with zero attached hydrogens (tertiary/aromatic N) is 1. The maximum atomic E-state index is 5.94. The fraction of sp³-hybridized carbons (Fsp3) is 0.667. The summed E-state index contributed by atoms with van der Waals surface area (Å²) in [6, 6.07) is 4.07. The summed E-state index contributed by atoms with van der Waals surface area (Å²) >= 11 is 7.60. The fourth-order valence-corrected chi connectivity index (χ4v) is 3.33. The minimum atomic E-state index is 0.149. The van der Waals surface area contributed by atoms with Crippen molar-refractivity contribution in [3.8, 4) is 0 Å². The zero-order valence-electron chi connectivity index (χ0n) is 9.87. The molecule has 0 aromatic carbocycles. The third kappa shape index (κ3) is 2.43. The van der Waals surface area contributed by atoms with Crippen LogP contribution >= 0.6 is 22.9 Å². The molecule has 2 rings (SSSR count). The van der Waals surface area contributed by atoms with Gasteiger partial charge in [-0.2, -0.15) is 0 Å². The van der Waals surface area contributed by atoms with Gasteiger partial charge < -0.3 is 5.73 Å². The van der Waals surface area contributed by atoms with Gasteiger partial charge in [-0.05, 0) is 44.9 Å². The van der Waals surface area contributed by atoms with E-state index >= 15 is 0 Å². The lowest BCUT2D eigenvalue weighted by Gasteiger charge is -2.38. The molecule has 2 N–H and O–H groups in total. The number of halogens is 1. The van der Waals surface area contributed by atoms with E-state index in [2.05, 4.69) is 24.9 Å². The maximum absolute atomic E-state index is 5.94. The standard InChI is InChI=1S/C12H19ClN2S/c1-12(8-14,9-3-4-9)15(2)7-10-5-6-11(13)16-10/h5-6,9H,3-4,7-8,14H2,1-2H3. The molecule has 1 aliphatic carbocycles. The zero-order valence-corrected chi connectivity index (χ0v) is 11.4. The average Bonchev–Trinajstić information content (AvgIpc) is 3.03. The number of rotatable bonds is 5. The second-order valence-electron chi connectivity index (χ2n) is 4.90. The maximum Gasteiger partial charge on any atom is 0.0931 e. The van der Waals surface area contributed by atoms with Gasteiger partial charge in [-0.1, -0.05) is 11.6 Å². The van der Waals surface area contributed by atoms with Gasteiger partial charge in [0.05, 0.1) is 4.34 Å². The zero-order chi connectivity index (χ0) is 11.8. The molecule has 0 aliphatic heterocycles. The van der Waals surface area contributed by atoms with Gasteiger partial charge in [0.1, 0.15) is 0 Å². The first kappa shape index (κ1) is 12.4. The molecule has 16 heavy (non-hydrogen) atoms. The van der Waals surface area contributed by atoms with Crippen LogP contribution in [0.5, 0.6) is 0 Å². The van der Waals surface area contributed by atoms with Crippen LogP contribution in [0.2, 0.25) is 4.34 Å². The largest absolute Gasteiger partial charge is 0.329 e. The molecule has 1 unspecified atom stereocenters. The second-order valence-corrected chi connectivity index (χ2v) is 6.70. The van der Waals surface area contributed by atoms with Crippen molar-refractivity contribution in [3.63, 3.8) is 0 Å². The number of hydrogen-bond acceptors (Lipinski definition) is 3. The number of likely N-dealkylation sites (N-methyl/N-ethyl adjacent to an activating group) is 1. The SMILES string of the molecule is CN(Cc1ccc(Cl)s1)C(C)(CN)C1CC1. The Hall–Kier alpha value is -0.0900. The Bertz CT molecular complexity index is 362. The van der Waals surface area contributed by atoms with E-state index in [1.165, 1.54) is 17.7 Å². The molecule has 0 amide bonds. The Morgan fingerprint density at radius 2 is 2.25 bits per heavy atom. The Balaban J connectivity index is 2.03. The normalized spacial score (nSPS) is 20.1. The Morgan fingerprint density at radius 3 is 2.69 bits per heavy atom. The van der Waals surface area contributed by atoms with Gasteiger partial charge in [0.25, 0.3) is 0 Å². The van der Waals surface area contributed by atoms with Crippen LogP contribution in [0.4, 0.5) is 0 Å². The summed E-state index contributed by atoms with van der Waals surface area (Å²) in [5.41, 5.74) is 6.09. The molecular formula is C12H19ClN2S. The topological polar surface area (TPSA) is 29.3 Å². The van der Waals surface area contributed by atoms with Crippen LogP contribution in [0.25, 0.3) is 0 Å². The van der Waals surface area contributed by atoms with Gasteiger partial charge in [-0.3, -0.25) is 4.90 Å². The molecule has 4 heteroatoms. The van der Waals surface area contributed by atoms with Crippen molar-refractivity contribution >= 4 is 22.9 Å². The molecule has 2 nitrogen and oxygen atoms in total. The van der Waals surface area contributed by atoms with Crippen molar-refractivity contribution in [2.24, 2.45) is 11.7 Å². The summed E-state index contributed by atoms with van der Waals surface area (Å²) in [6.07, 6.45) is 2.65. The molecule has 1 saturated carbocycles. The molecule has 1 aliphatic rings. The molecule has 1 aromatic rings. The van der Waals surface area contributed by atoms with Gasteiger partial charge in [0, 0.05) is 23.5 Å². The first-order chi connectivity index (χ1) is 7.56. The molecule has 0 saturated heterocycles. The Kier molecular flexibility index (Phi) is 3.59. The molecule has 0 spiro atoms. The van der Waals surface area contributed by atoms with Crippen molar-refractivity contribution in [2.45, 2.75) is 31.8 Å². The van der Waals surface area contributed by atoms with Crippen LogP contribution < -0.4 is 5.73 Å². The number of hydrogen-bond donors (Lipinski definition) is 1. The Labute approximate surface area is 106 Å². The number of thiophene rings is 1. The van der Waals surface area contributed by atoms with Crippen LogP contribution in [-0.2, 0) is 6.54 Å². The van der Waals surface area contributed by atoms with Gasteiger partial charge >= 0.3 is 0 Å². The highest BCUT2D eigenvalue weighted by atomic mass is 35.5. The first-order valence-corrected chi connectivity index (χ1v) is 6.91. The highest BCUT2D eigenvalue weighted by Crippen LogP contribution is 2.42. The molecule has 0 bridgehead atoms. The van der Waals surface area contributed by atoms with Crippen LogP contribution in [0.15, 0.2) is 12.1 Å². The summed E-state index contributed by atoms with van der Waals surface area (Å²) in [7, 11) is 2.17. The third-order valence-electron chi connectivity index (χ3n) is 3.76. The lowest BCUT2D eigenvalue weighted by molar-refractivity contribution is 0.114. The minimum absolute atomic E-state index is 0.149. The highest BCUT2D eigenvalue weighted by Gasteiger charge is 2.43. The van der Waals surface area contributed by atoms with E-state index in [1.54, 1.807) is 11.3 Å². The molecule has 0 radical (unpaired) electrons. The van der Waals surface area contributed by atoms with Gasteiger partial charge in [0.2, 0.25) is 0 Å². The van der Waals surface area contributed by atoms with E-state index < -0.39 is 0 Å². The molecule has 1 fully saturated rings. The van der Waals surface area contributed by atoms with Crippen molar-refractivity contribution in [1.29, 1.82) is 0 Å². The molecule has 1 heterocycles. The summed E-state index contributed by atoms with van der Waals surface area (Å²) in [5, 5.41) is 0. The average molecular weight is 259 g/mol. The van der Waals surface area contributed by atoms with E-state index in [0.717, 1.165) is 23.3 Å². The van der Waals surface area contributed by atoms with Gasteiger partial charge in [-0.25, -0.2) is 0 Å². The smallest absolute Gasteiger partial charge is 0.0931 e. The van der Waals surface area contributed by atoms with Crippen LogP contribution in [0.3, 0.4) is 0 Å². The molecule has 1 aromatic heterocycles. The van der Waals surface area contributed by atoms with Crippen LogP contribution in [0, 0.1) is 5.92 Å². The summed E-state index contributed by atoms with van der Waals surface area (Å²) in [5.74, 6) is 0.776. The molecule has 90 valence electrons. The lowest BCUT2D eigenvalue weighted by atomic mass is 9.94. The fourth-order valence-electron chi connectivity index (χ4n) is 2.19. The Morgan fingerprint density at radius 1 is 1.56 bits per heavy atom. The van der Waals surface area contributed by atoms with E-state index in [0.29, 0.717) is 0 Å². The van der Waals surface area contributed by atoms with E-state index in [9.17, 15) is 0 Å². The van der Waals surface area contributed by atoms with Crippen LogP contribution in [0.1, 0.15) is 24.6 Å².